The molecule has 0 spiro atoms. The van der Waals surface area contributed by atoms with Gasteiger partial charge in [-0.3, -0.25) is 0 Å². The van der Waals surface area contributed by atoms with Gasteiger partial charge in [-0.15, -0.1) is 0 Å². The third-order valence-corrected chi connectivity index (χ3v) is 3.32. The van der Waals surface area contributed by atoms with Gasteiger partial charge in [-0.25, -0.2) is 9.78 Å². The van der Waals surface area contributed by atoms with E-state index in [1.54, 1.807) is 18.0 Å². The van der Waals surface area contributed by atoms with Gasteiger partial charge in [0, 0.05) is 17.2 Å². The van der Waals surface area contributed by atoms with Crippen LogP contribution in [0.5, 0.6) is 0 Å². The molecule has 0 fully saturated rings. The summed E-state index contributed by atoms with van der Waals surface area (Å²) in [7, 11) is 0. The van der Waals surface area contributed by atoms with Gasteiger partial charge in [0.15, 0.2) is 0 Å². The minimum atomic E-state index is -0.197. The van der Waals surface area contributed by atoms with Crippen LogP contribution in [0.3, 0.4) is 0 Å². The normalized spacial score (nSPS) is 13.1. The van der Waals surface area contributed by atoms with Crippen molar-refractivity contribution in [3.63, 3.8) is 0 Å². The summed E-state index contributed by atoms with van der Waals surface area (Å²) in [5.74, 6) is 2.23. The average molecular weight is 285 g/mol. The first kappa shape index (κ1) is 15.9. The van der Waals surface area contributed by atoms with E-state index < -0.39 is 0 Å². The Balaban J connectivity index is 2.40. The van der Waals surface area contributed by atoms with Gasteiger partial charge in [0.05, 0.1) is 12.7 Å². The monoisotopic (exact) mass is 285 g/mol. The van der Waals surface area contributed by atoms with Crippen LogP contribution in [0.25, 0.3) is 0 Å². The molecule has 0 unspecified atom stereocenters. The smallest absolute Gasteiger partial charge is 0.315 e. The van der Waals surface area contributed by atoms with Crippen molar-refractivity contribution in [3.8, 4) is 0 Å². The highest BCUT2D eigenvalue weighted by Gasteiger charge is 2.19. The molecule has 5 nitrogen and oxygen atoms in total. The molecule has 1 heterocycles. The van der Waals surface area contributed by atoms with Crippen molar-refractivity contribution < 1.29 is 9.21 Å². The van der Waals surface area contributed by atoms with Gasteiger partial charge in [0.1, 0.15) is 5.76 Å². The van der Waals surface area contributed by atoms with Gasteiger partial charge in [0.2, 0.25) is 5.89 Å². The number of hydrogen-bond acceptors (Lipinski definition) is 4. The third kappa shape index (κ3) is 5.55. The molecule has 0 aromatic carbocycles. The van der Waals surface area contributed by atoms with Crippen LogP contribution in [0.4, 0.5) is 4.79 Å². The third-order valence-electron chi connectivity index (χ3n) is 2.49. The van der Waals surface area contributed by atoms with Crippen LogP contribution in [0.2, 0.25) is 0 Å². The van der Waals surface area contributed by atoms with Crippen LogP contribution in [-0.2, 0) is 12.0 Å². The minimum Gasteiger partial charge on any atom is -0.443 e. The molecule has 108 valence electrons. The molecule has 6 heteroatoms. The van der Waals surface area contributed by atoms with Crippen LogP contribution in [0.15, 0.2) is 10.6 Å². The summed E-state index contributed by atoms with van der Waals surface area (Å²) in [6, 6.07) is -0.0539. The first-order valence-corrected chi connectivity index (χ1v) is 7.71. The van der Waals surface area contributed by atoms with Gasteiger partial charge in [-0.05, 0) is 13.2 Å². The predicted octanol–water partition coefficient (Wildman–Crippen LogP) is 2.52. The Morgan fingerprint density at radius 1 is 1.53 bits per heavy atom. The molecule has 0 aliphatic rings. The van der Waals surface area contributed by atoms with Crippen molar-refractivity contribution in [2.24, 2.45) is 0 Å². The minimum absolute atomic E-state index is 0.0691. The number of amides is 2. The Morgan fingerprint density at radius 2 is 2.21 bits per heavy atom. The summed E-state index contributed by atoms with van der Waals surface area (Å²) in [6.07, 6.45) is 3.72. The molecular weight excluding hydrogens is 262 g/mol. The molecule has 1 aromatic rings. The zero-order valence-electron chi connectivity index (χ0n) is 12.2. The molecule has 1 aromatic heterocycles. The standard InChI is InChI=1S/C13H23N3O2S/c1-9(8-19-5)16-12(17)15-7-11-14-6-10(18-11)13(2,3)4/h6,9H,7-8H2,1-5H3,(H2,15,16,17)/t9-/m0/s1. The van der Waals surface area contributed by atoms with Gasteiger partial charge in [0.25, 0.3) is 0 Å². The van der Waals surface area contributed by atoms with Gasteiger partial charge < -0.3 is 15.1 Å². The molecule has 0 saturated heterocycles. The highest BCUT2D eigenvalue weighted by atomic mass is 32.2. The van der Waals surface area contributed by atoms with E-state index in [1.807, 2.05) is 13.2 Å². The largest absolute Gasteiger partial charge is 0.443 e. The second kappa shape index (κ2) is 6.84. The van der Waals surface area contributed by atoms with E-state index in [1.165, 1.54) is 0 Å². The van der Waals surface area contributed by atoms with E-state index in [-0.39, 0.29) is 17.5 Å². The van der Waals surface area contributed by atoms with E-state index in [9.17, 15) is 4.79 Å². The fraction of sp³-hybridized carbons (Fsp3) is 0.692. The van der Waals surface area contributed by atoms with E-state index in [0.717, 1.165) is 11.5 Å². The number of nitrogens with one attached hydrogen (secondary N) is 2. The van der Waals surface area contributed by atoms with Crippen molar-refractivity contribution in [3.05, 3.63) is 17.8 Å². The molecular formula is C13H23N3O2S. The van der Waals surface area contributed by atoms with E-state index in [2.05, 4.69) is 36.4 Å². The van der Waals surface area contributed by atoms with Crippen LogP contribution in [0, 0.1) is 0 Å². The summed E-state index contributed by atoms with van der Waals surface area (Å²) in [5, 5.41) is 5.59. The number of carbonyl (C=O) groups is 1. The molecule has 1 rings (SSSR count). The van der Waals surface area contributed by atoms with Crippen molar-refractivity contribution in [2.75, 3.05) is 12.0 Å². The highest BCUT2D eigenvalue weighted by Crippen LogP contribution is 2.22. The second-order valence-electron chi connectivity index (χ2n) is 5.55. The fourth-order valence-electron chi connectivity index (χ4n) is 1.46. The maximum absolute atomic E-state index is 11.6. The molecule has 1 atom stereocenters. The van der Waals surface area contributed by atoms with Gasteiger partial charge in [-0.2, -0.15) is 11.8 Å². The van der Waals surface area contributed by atoms with E-state index in [4.69, 9.17) is 4.42 Å². The SMILES string of the molecule is CSC[C@H](C)NC(=O)NCc1ncc(C(C)(C)C)o1. The Bertz CT molecular complexity index is 412. The molecule has 0 radical (unpaired) electrons. The average Bonchev–Trinajstić information content (AvgIpc) is 2.74. The number of aromatic nitrogens is 1. The molecule has 2 amide bonds. The summed E-state index contributed by atoms with van der Waals surface area (Å²) in [4.78, 5) is 15.8. The van der Waals surface area contributed by atoms with Crippen LogP contribution in [0.1, 0.15) is 39.3 Å². The maximum Gasteiger partial charge on any atom is 0.315 e. The molecule has 0 aliphatic carbocycles. The lowest BCUT2D eigenvalue weighted by Gasteiger charge is -2.13. The lowest BCUT2D eigenvalue weighted by Crippen LogP contribution is -2.41. The van der Waals surface area contributed by atoms with Crippen molar-refractivity contribution in [1.82, 2.24) is 15.6 Å². The fourth-order valence-corrected chi connectivity index (χ4v) is 2.04. The first-order chi connectivity index (χ1) is 8.82. The summed E-state index contributed by atoms with van der Waals surface area (Å²) in [5.41, 5.74) is -0.0691. The Kier molecular flexibility index (Phi) is 5.72. The Morgan fingerprint density at radius 3 is 2.74 bits per heavy atom. The zero-order chi connectivity index (χ0) is 14.5. The van der Waals surface area contributed by atoms with E-state index >= 15 is 0 Å². The molecule has 2 N–H and O–H groups in total. The lowest BCUT2D eigenvalue weighted by atomic mass is 9.94. The summed E-state index contributed by atoms with van der Waals surface area (Å²) < 4.78 is 5.59. The van der Waals surface area contributed by atoms with Crippen molar-refractivity contribution in [1.29, 1.82) is 0 Å². The number of hydrogen-bond donors (Lipinski definition) is 2. The predicted molar refractivity (Wildman–Crippen MR) is 78.4 cm³/mol. The molecule has 0 bridgehead atoms. The molecule has 0 saturated carbocycles. The number of urea groups is 1. The van der Waals surface area contributed by atoms with Crippen molar-refractivity contribution >= 4 is 17.8 Å². The van der Waals surface area contributed by atoms with Gasteiger partial charge >= 0.3 is 6.03 Å². The van der Waals surface area contributed by atoms with Crippen LogP contribution < -0.4 is 10.6 Å². The maximum atomic E-state index is 11.6. The van der Waals surface area contributed by atoms with E-state index in [0.29, 0.717) is 12.4 Å². The summed E-state index contributed by atoms with van der Waals surface area (Å²) >= 11 is 1.70. The molecule has 19 heavy (non-hydrogen) atoms. The quantitative estimate of drug-likeness (QED) is 0.872. The number of rotatable bonds is 5. The Hall–Kier alpha value is -1.17. The van der Waals surface area contributed by atoms with Crippen LogP contribution >= 0.6 is 11.8 Å². The second-order valence-corrected chi connectivity index (χ2v) is 6.46. The Labute approximate surface area is 118 Å². The first-order valence-electron chi connectivity index (χ1n) is 6.31. The van der Waals surface area contributed by atoms with Crippen LogP contribution in [-0.4, -0.2) is 29.1 Å². The topological polar surface area (TPSA) is 67.2 Å². The molecule has 0 aliphatic heterocycles. The number of oxazole rings is 1. The lowest BCUT2D eigenvalue weighted by molar-refractivity contribution is 0.236. The van der Waals surface area contributed by atoms with Crippen molar-refractivity contribution in [2.45, 2.75) is 45.7 Å². The zero-order valence-corrected chi connectivity index (χ0v) is 13.1. The number of nitrogens with zero attached hydrogens (tertiary/aromatic N) is 1. The number of carbonyl (C=O) groups excluding carboxylic acids is 1. The highest BCUT2D eigenvalue weighted by molar-refractivity contribution is 7.98. The summed E-state index contributed by atoms with van der Waals surface area (Å²) in [6.45, 7) is 8.44. The van der Waals surface area contributed by atoms with Gasteiger partial charge in [-0.1, -0.05) is 20.8 Å². The number of thioether (sulfide) groups is 1.